The summed E-state index contributed by atoms with van der Waals surface area (Å²) >= 11 is 0. The van der Waals surface area contributed by atoms with Gasteiger partial charge in [0.2, 0.25) is 0 Å². The molecule has 0 aliphatic rings. The Kier molecular flexibility index (Phi) is 6.84. The molecule has 0 spiro atoms. The molecular weight excluding hydrogens is 136 g/mol. The van der Waals surface area contributed by atoms with Crippen molar-refractivity contribution < 1.29 is 0 Å². The fourth-order valence-electron chi connectivity index (χ4n) is 0.0200. The SMILES string of the molecule is P#CP=P#P. The number of hydrogen-bond acceptors (Lipinski definition) is 0. The zero-order valence-corrected chi connectivity index (χ0v) is 5.87. The average Bonchev–Trinajstić information content (AvgIpc) is 1.41. The molecule has 4 heteroatoms. The van der Waals surface area contributed by atoms with E-state index in [0.29, 0.717) is 0 Å². The minimum absolute atomic E-state index is 1.01. The normalized spacial score (nSPS) is 6.00. The van der Waals surface area contributed by atoms with Crippen LogP contribution in [-0.2, 0) is 0 Å². The summed E-state index contributed by atoms with van der Waals surface area (Å²) in [6, 6.07) is 0. The molecule has 0 aromatic carbocycles. The van der Waals surface area contributed by atoms with Crippen molar-refractivity contribution in [3.63, 3.8) is 0 Å². The Morgan fingerprint density at radius 2 is 2.20 bits per heavy atom. The summed E-state index contributed by atoms with van der Waals surface area (Å²) in [6.45, 7) is 1.01. The van der Waals surface area contributed by atoms with Gasteiger partial charge in [0.1, 0.15) is 0 Å². The fraction of sp³-hybridized carbons (Fsp3) is 0. The molecule has 0 heterocycles. The maximum absolute atomic E-state index is 3.85. The van der Waals surface area contributed by atoms with Crippen LogP contribution in [0, 0.1) is 5.37 Å². The molecule has 0 aromatic rings. The molecule has 0 amide bonds. The Labute approximate surface area is 38.0 Å². The molecule has 0 rings (SSSR count). The third-order valence-corrected chi connectivity index (χ3v) is 2.41. The van der Waals surface area contributed by atoms with E-state index in [1.54, 1.807) is 0 Å². The van der Waals surface area contributed by atoms with Gasteiger partial charge in [0.25, 0.3) is 0 Å². The van der Waals surface area contributed by atoms with E-state index in [9.17, 15) is 0 Å². The zero-order chi connectivity index (χ0) is 4.12. The Morgan fingerprint density at radius 1 is 1.60 bits per heavy atom. The molecule has 0 aromatic heterocycles. The zero-order valence-electron chi connectivity index (χ0n) is 2.29. The molecule has 0 fully saturated rings. The molecule has 0 bridgehead atoms. The summed E-state index contributed by atoms with van der Waals surface area (Å²) in [6.07, 6.45) is 0. The molecule has 0 saturated heterocycles. The van der Waals surface area contributed by atoms with Gasteiger partial charge in [-0.25, -0.2) is 0 Å². The summed E-state index contributed by atoms with van der Waals surface area (Å²) < 4.78 is 0. The van der Waals surface area contributed by atoms with E-state index in [1.807, 2.05) is 0 Å². The van der Waals surface area contributed by atoms with Gasteiger partial charge in [-0.3, -0.25) is 0 Å². The second-order valence-corrected chi connectivity index (χ2v) is 4.21. The Hall–Kier alpha value is 1.37. The van der Waals surface area contributed by atoms with Crippen LogP contribution < -0.4 is 0 Å². The van der Waals surface area contributed by atoms with Crippen molar-refractivity contribution in [3.8, 4) is 5.37 Å². The van der Waals surface area contributed by atoms with Crippen LogP contribution >= 0.6 is 31.9 Å². The molecule has 0 N–H and O–H groups in total. The summed E-state index contributed by atoms with van der Waals surface area (Å²) in [5.41, 5.74) is 0. The van der Waals surface area contributed by atoms with Gasteiger partial charge < -0.3 is 0 Å². The fourth-order valence-corrected chi connectivity index (χ4v) is 1.62. The Bertz CT molecular complexity index is 122. The van der Waals surface area contributed by atoms with E-state index in [1.165, 1.54) is 0 Å². The van der Waals surface area contributed by atoms with Crippen molar-refractivity contribution in [1.82, 2.24) is 0 Å². The van der Waals surface area contributed by atoms with Crippen LogP contribution in [0.3, 0.4) is 0 Å². The Balaban J connectivity index is 3.63. The van der Waals surface area contributed by atoms with Gasteiger partial charge in [-0.15, -0.1) is 0 Å². The number of rotatable bonds is 0. The predicted molar refractivity (Wildman–Crippen MR) is 31.6 cm³/mol. The van der Waals surface area contributed by atoms with Gasteiger partial charge in [-0.1, -0.05) is 0 Å². The molecule has 24 valence electrons. The van der Waals surface area contributed by atoms with E-state index in [-0.39, 0.29) is 0 Å². The molecule has 0 unspecified atom stereocenters. The molecule has 0 radical (unpaired) electrons. The standard InChI is InChI=1S/CP4/c2-1-4-5-3. The van der Waals surface area contributed by atoms with E-state index in [2.05, 4.69) is 22.4 Å². The van der Waals surface area contributed by atoms with Crippen molar-refractivity contribution in [1.29, 1.82) is 0 Å². The van der Waals surface area contributed by atoms with Crippen molar-refractivity contribution in [2.75, 3.05) is 0 Å². The van der Waals surface area contributed by atoms with Crippen molar-refractivity contribution in [2.24, 2.45) is 0 Å². The number of hydrogen-bond donors (Lipinski definition) is 0. The van der Waals surface area contributed by atoms with Gasteiger partial charge >= 0.3 is 37.2 Å². The molecule has 0 nitrogen and oxygen atoms in total. The minimum atomic E-state index is 1.01. The predicted octanol–water partition coefficient (Wildman–Crippen LogP) is 3.45. The van der Waals surface area contributed by atoms with E-state index in [0.717, 1.165) is 14.8 Å². The van der Waals surface area contributed by atoms with Crippen LogP contribution in [0.1, 0.15) is 0 Å². The van der Waals surface area contributed by atoms with Crippen LogP contribution in [0.5, 0.6) is 0 Å². The summed E-state index contributed by atoms with van der Waals surface area (Å²) in [5, 5.41) is 2.60. The first-order chi connectivity index (χ1) is 2.41. The Morgan fingerprint density at radius 3 is 2.20 bits per heavy atom. The molecule has 5 heavy (non-hydrogen) atoms. The quantitative estimate of drug-likeness (QED) is 0.447. The van der Waals surface area contributed by atoms with Crippen molar-refractivity contribution >= 4 is 31.9 Å². The summed E-state index contributed by atoms with van der Waals surface area (Å²) in [4.78, 5) is 0. The third kappa shape index (κ3) is 5.37. The third-order valence-electron chi connectivity index (χ3n) is 0.0894. The van der Waals surface area contributed by atoms with Gasteiger partial charge in [0, 0.05) is 0 Å². The van der Waals surface area contributed by atoms with Crippen LogP contribution in [0.15, 0.2) is 0 Å². The summed E-state index contributed by atoms with van der Waals surface area (Å²) in [5.74, 6) is 0. The first kappa shape index (κ1) is 6.37. The van der Waals surface area contributed by atoms with Crippen LogP contribution in [-0.4, -0.2) is 0 Å². The van der Waals surface area contributed by atoms with Gasteiger partial charge in [0.05, 0.1) is 0 Å². The van der Waals surface area contributed by atoms with E-state index in [4.69, 9.17) is 0 Å². The first-order valence-corrected chi connectivity index (χ1v) is 4.94. The molecule has 0 aliphatic heterocycles. The van der Waals surface area contributed by atoms with Gasteiger partial charge in [-0.05, 0) is 0 Å². The first-order valence-electron chi connectivity index (χ1n) is 0.847. The molecule has 0 aliphatic carbocycles. The van der Waals surface area contributed by atoms with Crippen molar-refractivity contribution in [2.45, 2.75) is 0 Å². The molecular formula is CP4. The molecule has 0 saturated carbocycles. The van der Waals surface area contributed by atoms with E-state index >= 15 is 0 Å². The van der Waals surface area contributed by atoms with E-state index < -0.39 is 0 Å². The monoisotopic (exact) mass is 136 g/mol. The average molecular weight is 136 g/mol. The molecule has 0 atom stereocenters. The second-order valence-electron chi connectivity index (χ2n) is 0.289. The second kappa shape index (κ2) is 5.37. The van der Waals surface area contributed by atoms with Crippen LogP contribution in [0.2, 0.25) is 0 Å². The summed E-state index contributed by atoms with van der Waals surface area (Å²) in [7, 11) is 8.56. The van der Waals surface area contributed by atoms with Crippen LogP contribution in [0.25, 0.3) is 0 Å². The van der Waals surface area contributed by atoms with Gasteiger partial charge in [-0.2, -0.15) is 0 Å². The van der Waals surface area contributed by atoms with Crippen molar-refractivity contribution in [3.05, 3.63) is 0 Å². The topological polar surface area (TPSA) is 0 Å². The van der Waals surface area contributed by atoms with Gasteiger partial charge in [0.15, 0.2) is 0 Å². The van der Waals surface area contributed by atoms with Crippen LogP contribution in [0.4, 0.5) is 0 Å². The maximum atomic E-state index is 3.85.